The number of nitrogens with one attached hydrogen (secondary N) is 2. The van der Waals surface area contributed by atoms with Crippen LogP contribution in [0.15, 0.2) is 46.2 Å². The van der Waals surface area contributed by atoms with Gasteiger partial charge in [0.2, 0.25) is 22.8 Å². The molecule has 0 radical (unpaired) electrons. The summed E-state index contributed by atoms with van der Waals surface area (Å²) in [6.07, 6.45) is 1.47. The zero-order valence-corrected chi connectivity index (χ0v) is 15.0. The molecule has 28 heavy (non-hydrogen) atoms. The molecule has 2 heterocycles. The van der Waals surface area contributed by atoms with Crippen molar-refractivity contribution in [3.05, 3.63) is 48.2 Å². The lowest BCUT2D eigenvalue weighted by Crippen LogP contribution is -2.34. The fraction of sp³-hybridized carbons (Fsp3) is 0.125. The van der Waals surface area contributed by atoms with Crippen molar-refractivity contribution < 1.29 is 22.8 Å². The number of carbonyl (C=O) groups is 2. The molecular weight excluding hydrogens is 394 g/mol. The smallest absolute Gasteiger partial charge is 0.243 e. The van der Waals surface area contributed by atoms with Gasteiger partial charge in [-0.05, 0) is 24.3 Å². The number of nitrogens with zero attached hydrogens (tertiary/aromatic N) is 3. The third-order valence-electron chi connectivity index (χ3n) is 3.39. The molecule has 0 aliphatic carbocycles. The van der Waals surface area contributed by atoms with Gasteiger partial charge in [-0.15, -0.1) is 10.2 Å². The van der Waals surface area contributed by atoms with E-state index in [0.717, 1.165) is 23.9 Å². The number of aromatic nitrogens is 3. The van der Waals surface area contributed by atoms with E-state index < -0.39 is 23.4 Å². The van der Waals surface area contributed by atoms with Crippen molar-refractivity contribution in [3.8, 4) is 11.6 Å². The summed E-state index contributed by atoms with van der Waals surface area (Å²) in [5.41, 5.74) is 0.0780. The van der Waals surface area contributed by atoms with E-state index in [1.165, 1.54) is 17.0 Å². The van der Waals surface area contributed by atoms with Crippen LogP contribution in [-0.2, 0) is 9.59 Å². The molecule has 3 aromatic rings. The van der Waals surface area contributed by atoms with Crippen LogP contribution in [0.5, 0.6) is 0 Å². The lowest BCUT2D eigenvalue weighted by molar-refractivity contribution is -0.122. The number of hydrogen-bond acceptors (Lipinski definition) is 7. The number of thioether (sulfide) groups is 1. The monoisotopic (exact) mass is 408 g/mol. The highest BCUT2D eigenvalue weighted by Crippen LogP contribution is 2.21. The van der Waals surface area contributed by atoms with Gasteiger partial charge in [-0.2, -0.15) is 0 Å². The Bertz CT molecular complexity index is 992. The Hall–Kier alpha value is -3.41. The first-order valence-electron chi connectivity index (χ1n) is 7.83. The van der Waals surface area contributed by atoms with Crippen LogP contribution in [0.4, 0.5) is 14.5 Å². The molecule has 4 N–H and O–H groups in total. The first-order chi connectivity index (χ1) is 13.4. The summed E-state index contributed by atoms with van der Waals surface area (Å²) in [7, 11) is 0. The van der Waals surface area contributed by atoms with Crippen LogP contribution in [-0.4, -0.2) is 39.0 Å². The number of rotatable bonds is 7. The molecule has 0 bridgehead atoms. The van der Waals surface area contributed by atoms with Gasteiger partial charge in [-0.3, -0.25) is 9.59 Å². The van der Waals surface area contributed by atoms with Crippen molar-refractivity contribution in [2.45, 2.75) is 5.16 Å². The fourth-order valence-electron chi connectivity index (χ4n) is 2.09. The molecule has 146 valence electrons. The molecule has 9 nitrogen and oxygen atoms in total. The Balaban J connectivity index is 1.46. The quantitative estimate of drug-likeness (QED) is 0.398. The van der Waals surface area contributed by atoms with Crippen molar-refractivity contribution >= 4 is 29.3 Å². The Labute approximate surface area is 161 Å². The molecular formula is C16H14F2N6O3S. The van der Waals surface area contributed by atoms with E-state index in [4.69, 9.17) is 10.3 Å². The molecule has 1 aromatic carbocycles. The zero-order chi connectivity index (χ0) is 20.1. The highest BCUT2D eigenvalue weighted by Gasteiger charge is 2.16. The van der Waals surface area contributed by atoms with Gasteiger partial charge >= 0.3 is 0 Å². The Morgan fingerprint density at radius 3 is 2.71 bits per heavy atom. The van der Waals surface area contributed by atoms with E-state index in [9.17, 15) is 18.4 Å². The Morgan fingerprint density at radius 1 is 1.18 bits per heavy atom. The van der Waals surface area contributed by atoms with Crippen molar-refractivity contribution in [2.24, 2.45) is 0 Å². The second-order valence-electron chi connectivity index (χ2n) is 5.40. The third kappa shape index (κ3) is 4.65. The second-order valence-corrected chi connectivity index (χ2v) is 6.34. The molecule has 0 saturated carbocycles. The van der Waals surface area contributed by atoms with Gasteiger partial charge in [0.05, 0.1) is 18.6 Å². The lowest BCUT2D eigenvalue weighted by Gasteiger charge is -2.07. The first kappa shape index (κ1) is 19.4. The van der Waals surface area contributed by atoms with E-state index in [0.29, 0.717) is 11.6 Å². The topological polar surface area (TPSA) is 128 Å². The molecule has 2 aromatic heterocycles. The molecule has 0 aliphatic rings. The average Bonchev–Trinajstić information content (AvgIpc) is 3.31. The number of furan rings is 1. The molecule has 12 heteroatoms. The summed E-state index contributed by atoms with van der Waals surface area (Å²) in [6.45, 7) is -0.342. The minimum Gasteiger partial charge on any atom is -0.461 e. The SMILES string of the molecule is Nn1c(SCC(=O)NCC(=O)Nc2ccc(F)c(F)c2)nnc1-c1ccco1. The summed E-state index contributed by atoms with van der Waals surface area (Å²) in [5, 5.41) is 12.8. The van der Waals surface area contributed by atoms with Gasteiger partial charge in [0, 0.05) is 11.8 Å². The summed E-state index contributed by atoms with van der Waals surface area (Å²) >= 11 is 1.02. The molecule has 0 aliphatic heterocycles. The standard InChI is InChI=1S/C16H14F2N6O3S/c17-10-4-3-9(6-11(10)18)21-13(25)7-20-14(26)8-28-16-23-22-15(24(16)19)12-2-1-5-27-12/h1-6H,7-8,19H2,(H,20,26)(H,21,25). The number of amides is 2. The Kier molecular flexibility index (Phi) is 5.89. The summed E-state index contributed by atoms with van der Waals surface area (Å²) in [4.78, 5) is 23.7. The third-order valence-corrected chi connectivity index (χ3v) is 4.33. The number of carbonyl (C=O) groups excluding carboxylic acids is 2. The van der Waals surface area contributed by atoms with Gasteiger partial charge < -0.3 is 20.9 Å². The van der Waals surface area contributed by atoms with Crippen molar-refractivity contribution in [1.29, 1.82) is 0 Å². The minimum absolute atomic E-state index is 0.0635. The van der Waals surface area contributed by atoms with Crippen molar-refractivity contribution in [1.82, 2.24) is 20.2 Å². The first-order valence-corrected chi connectivity index (χ1v) is 8.81. The number of hydrogen-bond donors (Lipinski definition) is 3. The van der Waals surface area contributed by atoms with E-state index in [2.05, 4.69) is 20.8 Å². The number of anilines is 1. The maximum absolute atomic E-state index is 13.1. The van der Waals surface area contributed by atoms with Crippen LogP contribution < -0.4 is 16.5 Å². The molecule has 0 atom stereocenters. The van der Waals surface area contributed by atoms with Crippen LogP contribution >= 0.6 is 11.8 Å². The second kappa shape index (κ2) is 8.52. The van der Waals surface area contributed by atoms with Gasteiger partial charge in [-0.25, -0.2) is 13.5 Å². The van der Waals surface area contributed by atoms with Gasteiger partial charge in [0.1, 0.15) is 0 Å². The number of nitrogens with two attached hydrogens (primary N) is 1. The molecule has 0 unspecified atom stereocenters. The molecule has 0 saturated heterocycles. The number of benzene rings is 1. The van der Waals surface area contributed by atoms with Crippen molar-refractivity contribution in [2.75, 3.05) is 23.5 Å². The Morgan fingerprint density at radius 2 is 2.00 bits per heavy atom. The highest BCUT2D eigenvalue weighted by molar-refractivity contribution is 7.99. The molecule has 0 spiro atoms. The predicted octanol–water partition coefficient (Wildman–Crippen LogP) is 1.38. The summed E-state index contributed by atoms with van der Waals surface area (Å²) in [5.74, 6) is 3.39. The van der Waals surface area contributed by atoms with E-state index in [-0.39, 0.29) is 23.1 Å². The van der Waals surface area contributed by atoms with Crippen LogP contribution in [0.25, 0.3) is 11.6 Å². The van der Waals surface area contributed by atoms with Crippen LogP contribution in [0, 0.1) is 11.6 Å². The number of nitrogen functional groups attached to an aromatic ring is 1. The molecule has 3 rings (SSSR count). The summed E-state index contributed by atoms with van der Waals surface area (Å²) in [6, 6.07) is 6.28. The lowest BCUT2D eigenvalue weighted by atomic mass is 10.3. The van der Waals surface area contributed by atoms with E-state index in [1.54, 1.807) is 12.1 Å². The minimum atomic E-state index is -1.09. The predicted molar refractivity (Wildman–Crippen MR) is 96.6 cm³/mol. The van der Waals surface area contributed by atoms with Crippen molar-refractivity contribution in [3.63, 3.8) is 0 Å². The van der Waals surface area contributed by atoms with Gasteiger partial charge in [0.15, 0.2) is 17.4 Å². The molecule has 0 fully saturated rings. The summed E-state index contributed by atoms with van der Waals surface area (Å²) < 4.78 is 32.3. The highest BCUT2D eigenvalue weighted by atomic mass is 32.2. The number of halogens is 2. The van der Waals surface area contributed by atoms with Crippen LogP contribution in [0.3, 0.4) is 0 Å². The van der Waals surface area contributed by atoms with E-state index in [1.807, 2.05) is 0 Å². The zero-order valence-electron chi connectivity index (χ0n) is 14.2. The average molecular weight is 408 g/mol. The maximum Gasteiger partial charge on any atom is 0.243 e. The normalized spacial score (nSPS) is 10.6. The van der Waals surface area contributed by atoms with Gasteiger partial charge in [0.25, 0.3) is 0 Å². The largest absolute Gasteiger partial charge is 0.461 e. The maximum atomic E-state index is 13.1. The van der Waals surface area contributed by atoms with Crippen LogP contribution in [0.1, 0.15) is 0 Å². The van der Waals surface area contributed by atoms with Crippen LogP contribution in [0.2, 0.25) is 0 Å². The fourth-order valence-corrected chi connectivity index (χ4v) is 2.77. The molecule has 2 amide bonds. The van der Waals surface area contributed by atoms with E-state index >= 15 is 0 Å². The van der Waals surface area contributed by atoms with Gasteiger partial charge in [-0.1, -0.05) is 11.8 Å².